The van der Waals surface area contributed by atoms with E-state index in [0.29, 0.717) is 0 Å². The van der Waals surface area contributed by atoms with Crippen molar-refractivity contribution in [2.45, 2.75) is 98.8 Å². The van der Waals surface area contributed by atoms with Gasteiger partial charge < -0.3 is 0 Å². The number of aryl methyl sites for hydroxylation is 2. The third-order valence-corrected chi connectivity index (χ3v) is 6.81. The lowest BCUT2D eigenvalue weighted by Gasteiger charge is -2.38. The first kappa shape index (κ1) is 21.2. The van der Waals surface area contributed by atoms with Crippen molar-refractivity contribution in [2.75, 3.05) is 0 Å². The molecule has 0 radical (unpaired) electrons. The standard InChI is InChI=1S/C15H28.C10H12O/c1-13-6-8-14(9-7-13)12-15(2)10-4-3-5-11-15;1-7-5-4-6-8(2)10(7)9(3)11/h13-14H,3-12H2,1-2H3;4-6H,1-3H3. The van der Waals surface area contributed by atoms with Crippen molar-refractivity contribution in [3.8, 4) is 0 Å². The summed E-state index contributed by atoms with van der Waals surface area (Å²) >= 11 is 0. The fourth-order valence-corrected chi connectivity index (χ4v) is 5.21. The van der Waals surface area contributed by atoms with Gasteiger partial charge in [0.25, 0.3) is 0 Å². The van der Waals surface area contributed by atoms with Crippen molar-refractivity contribution in [3.63, 3.8) is 0 Å². The third kappa shape index (κ3) is 6.25. The maximum atomic E-state index is 11.1. The van der Waals surface area contributed by atoms with Gasteiger partial charge in [-0.1, -0.05) is 77.0 Å². The van der Waals surface area contributed by atoms with Gasteiger partial charge >= 0.3 is 0 Å². The topological polar surface area (TPSA) is 17.1 Å². The van der Waals surface area contributed by atoms with Gasteiger partial charge in [0.1, 0.15) is 0 Å². The van der Waals surface area contributed by atoms with Crippen LogP contribution in [0.15, 0.2) is 18.2 Å². The van der Waals surface area contributed by atoms with Crippen molar-refractivity contribution in [2.24, 2.45) is 17.3 Å². The maximum Gasteiger partial charge on any atom is 0.160 e. The van der Waals surface area contributed by atoms with Crippen LogP contribution in [0.25, 0.3) is 0 Å². The largest absolute Gasteiger partial charge is 0.294 e. The highest BCUT2D eigenvalue weighted by Gasteiger charge is 2.31. The Morgan fingerprint density at radius 2 is 1.54 bits per heavy atom. The monoisotopic (exact) mass is 356 g/mol. The zero-order valence-corrected chi connectivity index (χ0v) is 17.9. The molecule has 0 atom stereocenters. The molecule has 1 nitrogen and oxygen atoms in total. The van der Waals surface area contributed by atoms with Crippen LogP contribution in [0.3, 0.4) is 0 Å². The SMILES string of the molecule is CC(=O)c1c(C)cccc1C.CC1CCC(CC2(C)CCCCC2)CC1. The second-order valence-corrected chi connectivity index (χ2v) is 9.52. The number of rotatable bonds is 3. The van der Waals surface area contributed by atoms with E-state index in [0.717, 1.165) is 33.9 Å². The Morgan fingerprint density at radius 1 is 1.00 bits per heavy atom. The minimum absolute atomic E-state index is 0.153. The second-order valence-electron chi connectivity index (χ2n) is 9.52. The molecule has 146 valence electrons. The number of carbonyl (C=O) groups excluding carboxylic acids is 1. The first-order chi connectivity index (χ1) is 12.3. The number of benzene rings is 1. The number of ketones is 1. The lowest BCUT2D eigenvalue weighted by molar-refractivity contribution is 0.101. The molecule has 0 N–H and O–H groups in total. The predicted molar refractivity (Wildman–Crippen MR) is 113 cm³/mol. The zero-order valence-electron chi connectivity index (χ0n) is 17.9. The summed E-state index contributed by atoms with van der Waals surface area (Å²) < 4.78 is 0. The predicted octanol–water partition coefficient (Wildman–Crippen LogP) is 7.68. The normalized spacial score (nSPS) is 25.1. The summed E-state index contributed by atoms with van der Waals surface area (Å²) in [5.41, 5.74) is 3.73. The average molecular weight is 357 g/mol. The molecule has 1 aromatic rings. The van der Waals surface area contributed by atoms with E-state index < -0.39 is 0 Å². The van der Waals surface area contributed by atoms with E-state index in [2.05, 4.69) is 13.8 Å². The van der Waals surface area contributed by atoms with Gasteiger partial charge in [0, 0.05) is 5.56 Å². The van der Waals surface area contributed by atoms with Crippen LogP contribution < -0.4 is 0 Å². The van der Waals surface area contributed by atoms with E-state index in [1.54, 1.807) is 13.3 Å². The minimum atomic E-state index is 0.153. The Bertz CT molecular complexity index is 552. The molecule has 1 aromatic carbocycles. The van der Waals surface area contributed by atoms with Crippen LogP contribution >= 0.6 is 0 Å². The Labute approximate surface area is 162 Å². The van der Waals surface area contributed by atoms with Crippen LogP contribution in [0.1, 0.15) is 106 Å². The molecule has 3 rings (SSSR count). The Morgan fingerprint density at radius 3 is 2.00 bits per heavy atom. The summed E-state index contributed by atoms with van der Waals surface area (Å²) in [6, 6.07) is 5.89. The zero-order chi connectivity index (χ0) is 19.2. The Balaban J connectivity index is 0.000000197. The summed E-state index contributed by atoms with van der Waals surface area (Å²) in [6.07, 6.45) is 15.1. The number of carbonyl (C=O) groups is 1. The molecule has 0 aromatic heterocycles. The molecule has 2 aliphatic carbocycles. The van der Waals surface area contributed by atoms with Crippen LogP contribution in [0.4, 0.5) is 0 Å². The molecule has 0 unspecified atom stereocenters. The first-order valence-electron chi connectivity index (χ1n) is 10.9. The fourth-order valence-electron chi connectivity index (χ4n) is 5.21. The molecule has 2 fully saturated rings. The molecule has 2 aliphatic rings. The third-order valence-electron chi connectivity index (χ3n) is 6.81. The highest BCUT2D eigenvalue weighted by molar-refractivity contribution is 5.96. The molecule has 26 heavy (non-hydrogen) atoms. The lowest BCUT2D eigenvalue weighted by atomic mass is 9.67. The number of Topliss-reactive ketones (excluding diaryl/α,β-unsaturated/α-hetero) is 1. The van der Waals surface area contributed by atoms with E-state index in [1.165, 1.54) is 57.8 Å². The minimum Gasteiger partial charge on any atom is -0.294 e. The summed E-state index contributed by atoms with van der Waals surface area (Å²) in [6.45, 7) is 10.5. The van der Waals surface area contributed by atoms with Gasteiger partial charge in [0.15, 0.2) is 5.78 Å². The van der Waals surface area contributed by atoms with Gasteiger partial charge in [-0.3, -0.25) is 4.79 Å². The van der Waals surface area contributed by atoms with Gasteiger partial charge in [0.2, 0.25) is 0 Å². The Kier molecular flexibility index (Phi) is 7.92. The van der Waals surface area contributed by atoms with Crippen LogP contribution in [0, 0.1) is 31.1 Å². The van der Waals surface area contributed by atoms with Crippen LogP contribution in [-0.4, -0.2) is 5.78 Å². The summed E-state index contributed by atoms with van der Waals surface area (Å²) in [5, 5.41) is 0. The maximum absolute atomic E-state index is 11.1. The molecule has 1 heteroatoms. The molecule has 0 amide bonds. The highest BCUT2D eigenvalue weighted by Crippen LogP contribution is 2.44. The summed E-state index contributed by atoms with van der Waals surface area (Å²) in [7, 11) is 0. The molecular formula is C25H40O. The molecular weight excluding hydrogens is 316 g/mol. The highest BCUT2D eigenvalue weighted by atomic mass is 16.1. The van der Waals surface area contributed by atoms with E-state index in [1.807, 2.05) is 32.0 Å². The van der Waals surface area contributed by atoms with E-state index in [-0.39, 0.29) is 5.78 Å². The van der Waals surface area contributed by atoms with Crippen molar-refractivity contribution >= 4 is 5.78 Å². The molecule has 0 heterocycles. The average Bonchev–Trinajstić information content (AvgIpc) is 2.57. The van der Waals surface area contributed by atoms with Crippen molar-refractivity contribution in [3.05, 3.63) is 34.9 Å². The van der Waals surface area contributed by atoms with E-state index in [4.69, 9.17) is 0 Å². The lowest BCUT2D eigenvalue weighted by Crippen LogP contribution is -2.25. The van der Waals surface area contributed by atoms with Gasteiger partial charge in [-0.15, -0.1) is 0 Å². The summed E-state index contributed by atoms with van der Waals surface area (Å²) in [4.78, 5) is 11.1. The van der Waals surface area contributed by atoms with Crippen LogP contribution in [0.2, 0.25) is 0 Å². The van der Waals surface area contributed by atoms with E-state index in [9.17, 15) is 4.79 Å². The Hall–Kier alpha value is -1.11. The second kappa shape index (κ2) is 9.72. The summed E-state index contributed by atoms with van der Waals surface area (Å²) in [5.74, 6) is 2.24. The van der Waals surface area contributed by atoms with Gasteiger partial charge in [-0.25, -0.2) is 0 Å². The number of hydrogen-bond acceptors (Lipinski definition) is 1. The van der Waals surface area contributed by atoms with Crippen molar-refractivity contribution in [1.82, 2.24) is 0 Å². The smallest absolute Gasteiger partial charge is 0.160 e. The molecule has 0 spiro atoms. The van der Waals surface area contributed by atoms with Crippen LogP contribution in [-0.2, 0) is 0 Å². The fraction of sp³-hybridized carbons (Fsp3) is 0.720. The number of hydrogen-bond donors (Lipinski definition) is 0. The first-order valence-corrected chi connectivity index (χ1v) is 10.9. The quantitative estimate of drug-likeness (QED) is 0.507. The van der Waals surface area contributed by atoms with Crippen LogP contribution in [0.5, 0.6) is 0 Å². The van der Waals surface area contributed by atoms with Crippen molar-refractivity contribution < 1.29 is 4.79 Å². The van der Waals surface area contributed by atoms with Gasteiger partial charge in [0.05, 0.1) is 0 Å². The van der Waals surface area contributed by atoms with Crippen molar-refractivity contribution in [1.29, 1.82) is 0 Å². The van der Waals surface area contributed by atoms with Gasteiger partial charge in [-0.05, 0) is 68.4 Å². The van der Waals surface area contributed by atoms with Gasteiger partial charge in [-0.2, -0.15) is 0 Å². The molecule has 0 saturated heterocycles. The van der Waals surface area contributed by atoms with E-state index >= 15 is 0 Å². The molecule has 0 bridgehead atoms. The molecule has 0 aliphatic heterocycles. The molecule has 2 saturated carbocycles.